The van der Waals surface area contributed by atoms with Crippen molar-refractivity contribution in [2.45, 2.75) is 47.8 Å². The van der Waals surface area contributed by atoms with Gasteiger partial charge in [-0.25, -0.2) is 0 Å². The van der Waals surface area contributed by atoms with Crippen molar-refractivity contribution in [3.05, 3.63) is 70.6 Å². The maximum Gasteiger partial charge on any atom is 0.147 e. The second-order valence-corrected chi connectivity index (χ2v) is 6.89. The zero-order valence-electron chi connectivity index (χ0n) is 15.8. The lowest BCUT2D eigenvalue weighted by Gasteiger charge is -2.12. The number of aryl methyl sites for hydroxylation is 2. The monoisotopic (exact) mass is 334 g/mol. The smallest absolute Gasteiger partial charge is 0.147 e. The van der Waals surface area contributed by atoms with Crippen LogP contribution in [0.4, 0.5) is 0 Å². The number of allylic oxidation sites excluding steroid dienone is 2. The van der Waals surface area contributed by atoms with Crippen LogP contribution in [0.5, 0.6) is 5.75 Å². The van der Waals surface area contributed by atoms with E-state index in [1.165, 1.54) is 28.0 Å². The predicted octanol–water partition coefficient (Wildman–Crippen LogP) is 5.51. The average Bonchev–Trinajstić information content (AvgIpc) is 2.83. The molecule has 0 aliphatic carbocycles. The largest absolute Gasteiger partial charge is 0.487 e. The maximum absolute atomic E-state index is 6.19. The van der Waals surface area contributed by atoms with Crippen molar-refractivity contribution in [1.82, 2.24) is 9.55 Å². The summed E-state index contributed by atoms with van der Waals surface area (Å²) in [6, 6.07) is 10.4. The molecule has 0 amide bonds. The molecule has 2 aromatic heterocycles. The van der Waals surface area contributed by atoms with E-state index < -0.39 is 0 Å². The molecule has 0 radical (unpaired) electrons. The Balaban J connectivity index is 2.00. The quantitative estimate of drug-likeness (QED) is 0.576. The van der Waals surface area contributed by atoms with E-state index in [0.29, 0.717) is 6.61 Å². The minimum Gasteiger partial charge on any atom is -0.487 e. The number of pyridine rings is 1. The summed E-state index contributed by atoms with van der Waals surface area (Å²) >= 11 is 0. The lowest BCUT2D eigenvalue weighted by Crippen LogP contribution is -2.02. The number of ether oxygens (including phenoxy) is 1. The van der Waals surface area contributed by atoms with Crippen LogP contribution >= 0.6 is 0 Å². The molecule has 0 unspecified atom stereocenters. The fourth-order valence-electron chi connectivity index (χ4n) is 3.09. The molecule has 0 aliphatic rings. The van der Waals surface area contributed by atoms with Gasteiger partial charge < -0.3 is 9.30 Å². The summed E-state index contributed by atoms with van der Waals surface area (Å²) in [5.41, 5.74) is 8.32. The number of nitrogens with zero attached hydrogens (tertiary/aromatic N) is 2. The zero-order valence-corrected chi connectivity index (χ0v) is 15.8. The molecule has 3 nitrogen and oxygen atoms in total. The van der Waals surface area contributed by atoms with Gasteiger partial charge in [-0.1, -0.05) is 41.5 Å². The molecular formula is C22H26N2O. The Kier molecular flexibility index (Phi) is 4.93. The van der Waals surface area contributed by atoms with Crippen LogP contribution in [0.15, 0.2) is 48.2 Å². The van der Waals surface area contributed by atoms with E-state index in [1.807, 2.05) is 12.3 Å². The first kappa shape index (κ1) is 17.3. The van der Waals surface area contributed by atoms with Gasteiger partial charge in [-0.2, -0.15) is 0 Å². The molecule has 3 rings (SSSR count). The van der Waals surface area contributed by atoms with Crippen molar-refractivity contribution in [2.75, 3.05) is 0 Å². The van der Waals surface area contributed by atoms with Gasteiger partial charge in [-0.3, -0.25) is 4.98 Å². The highest BCUT2D eigenvalue weighted by molar-refractivity contribution is 5.86. The van der Waals surface area contributed by atoms with Gasteiger partial charge in [0.2, 0.25) is 0 Å². The Morgan fingerprint density at radius 1 is 1.16 bits per heavy atom. The highest BCUT2D eigenvalue weighted by Gasteiger charge is 2.15. The van der Waals surface area contributed by atoms with Crippen LogP contribution < -0.4 is 4.74 Å². The molecule has 0 saturated carbocycles. The predicted molar refractivity (Wildman–Crippen MR) is 104 cm³/mol. The molecule has 130 valence electrons. The summed E-state index contributed by atoms with van der Waals surface area (Å²) in [6.45, 7) is 12.0. The highest BCUT2D eigenvalue weighted by atomic mass is 16.5. The standard InChI is InChI=1S/C22H26N2O/c1-15(2)10-12-24-18(5)17(4)21-22(24)20(9-11-23-21)25-14-19-8-6-7-16(3)13-19/h6-11,13H,12,14H2,1-5H3. The summed E-state index contributed by atoms with van der Waals surface area (Å²) in [7, 11) is 0. The Labute approximate surface area is 150 Å². The number of fused-ring (bicyclic) bond motifs is 1. The third-order valence-corrected chi connectivity index (χ3v) is 4.62. The van der Waals surface area contributed by atoms with E-state index in [4.69, 9.17) is 4.74 Å². The van der Waals surface area contributed by atoms with Gasteiger partial charge in [0.25, 0.3) is 0 Å². The first-order valence-corrected chi connectivity index (χ1v) is 8.73. The second-order valence-electron chi connectivity index (χ2n) is 6.89. The van der Waals surface area contributed by atoms with E-state index in [0.717, 1.165) is 23.3 Å². The van der Waals surface area contributed by atoms with Crippen LogP contribution in [0.3, 0.4) is 0 Å². The van der Waals surface area contributed by atoms with Crippen LogP contribution in [0, 0.1) is 20.8 Å². The van der Waals surface area contributed by atoms with Gasteiger partial charge in [0, 0.05) is 24.5 Å². The summed E-state index contributed by atoms with van der Waals surface area (Å²) in [6.07, 6.45) is 4.08. The number of aromatic nitrogens is 2. The lowest BCUT2D eigenvalue weighted by atomic mass is 10.1. The number of hydrogen-bond acceptors (Lipinski definition) is 2. The van der Waals surface area contributed by atoms with E-state index in [-0.39, 0.29) is 0 Å². The second kappa shape index (κ2) is 7.14. The maximum atomic E-state index is 6.19. The Hall–Kier alpha value is -2.55. The third-order valence-electron chi connectivity index (χ3n) is 4.62. The normalized spacial score (nSPS) is 10.9. The topological polar surface area (TPSA) is 27.1 Å². The molecule has 25 heavy (non-hydrogen) atoms. The van der Waals surface area contributed by atoms with Gasteiger partial charge in [0.1, 0.15) is 17.9 Å². The molecule has 0 bridgehead atoms. The molecule has 1 aromatic carbocycles. The van der Waals surface area contributed by atoms with E-state index >= 15 is 0 Å². The molecule has 0 atom stereocenters. The molecule has 0 N–H and O–H groups in total. The molecule has 3 heteroatoms. The zero-order chi connectivity index (χ0) is 18.0. The van der Waals surface area contributed by atoms with Crippen molar-refractivity contribution in [2.24, 2.45) is 0 Å². The van der Waals surface area contributed by atoms with Crippen molar-refractivity contribution in [1.29, 1.82) is 0 Å². The minimum absolute atomic E-state index is 0.562. The van der Waals surface area contributed by atoms with Gasteiger partial charge >= 0.3 is 0 Å². The molecule has 0 spiro atoms. The van der Waals surface area contributed by atoms with Crippen LogP contribution in [0.2, 0.25) is 0 Å². The molecule has 0 fully saturated rings. The molecular weight excluding hydrogens is 308 g/mol. The van der Waals surface area contributed by atoms with Crippen LogP contribution in [0.25, 0.3) is 11.0 Å². The van der Waals surface area contributed by atoms with Crippen molar-refractivity contribution in [3.63, 3.8) is 0 Å². The van der Waals surface area contributed by atoms with Crippen molar-refractivity contribution in [3.8, 4) is 5.75 Å². The van der Waals surface area contributed by atoms with Crippen molar-refractivity contribution < 1.29 is 4.74 Å². The first-order valence-electron chi connectivity index (χ1n) is 8.73. The Morgan fingerprint density at radius 2 is 1.96 bits per heavy atom. The Morgan fingerprint density at radius 3 is 2.68 bits per heavy atom. The Bertz CT molecular complexity index is 931. The third kappa shape index (κ3) is 3.60. The van der Waals surface area contributed by atoms with Crippen LogP contribution in [-0.2, 0) is 13.2 Å². The molecule has 0 saturated heterocycles. The van der Waals surface area contributed by atoms with E-state index in [9.17, 15) is 0 Å². The summed E-state index contributed by atoms with van der Waals surface area (Å²) in [5.74, 6) is 0.893. The van der Waals surface area contributed by atoms with Crippen molar-refractivity contribution >= 4 is 11.0 Å². The van der Waals surface area contributed by atoms with Gasteiger partial charge in [-0.05, 0) is 45.7 Å². The average molecular weight is 334 g/mol. The van der Waals surface area contributed by atoms with Crippen LogP contribution in [-0.4, -0.2) is 9.55 Å². The lowest BCUT2D eigenvalue weighted by molar-refractivity contribution is 0.308. The van der Waals surface area contributed by atoms with Crippen LogP contribution in [0.1, 0.15) is 36.2 Å². The summed E-state index contributed by atoms with van der Waals surface area (Å²) < 4.78 is 8.50. The molecule has 2 heterocycles. The first-order chi connectivity index (χ1) is 12.0. The van der Waals surface area contributed by atoms with Gasteiger partial charge in [-0.15, -0.1) is 0 Å². The minimum atomic E-state index is 0.562. The fraction of sp³-hybridized carbons (Fsp3) is 0.318. The van der Waals surface area contributed by atoms with E-state index in [1.54, 1.807) is 0 Å². The SMILES string of the molecule is CC(C)=CCn1c(C)c(C)c2nccc(OCc3cccc(C)c3)c21. The number of rotatable bonds is 5. The fourth-order valence-corrected chi connectivity index (χ4v) is 3.09. The van der Waals surface area contributed by atoms with E-state index in [2.05, 4.69) is 74.5 Å². The van der Waals surface area contributed by atoms with Gasteiger partial charge in [0.15, 0.2) is 0 Å². The highest BCUT2D eigenvalue weighted by Crippen LogP contribution is 2.31. The number of benzene rings is 1. The summed E-state index contributed by atoms with van der Waals surface area (Å²) in [4.78, 5) is 4.60. The number of hydrogen-bond donors (Lipinski definition) is 0. The van der Waals surface area contributed by atoms with Gasteiger partial charge in [0.05, 0.1) is 5.52 Å². The molecule has 0 aliphatic heterocycles. The molecule has 3 aromatic rings. The summed E-state index contributed by atoms with van der Waals surface area (Å²) in [5, 5.41) is 0.